The number of carbonyl (C=O) groups excluding carboxylic acids is 1. The third-order valence-electron chi connectivity index (χ3n) is 3.79. The Morgan fingerprint density at radius 1 is 1.07 bits per heavy atom. The van der Waals surface area contributed by atoms with Gasteiger partial charge in [0.15, 0.2) is 22.6 Å². The summed E-state index contributed by atoms with van der Waals surface area (Å²) in [6.07, 6.45) is 0. The summed E-state index contributed by atoms with van der Waals surface area (Å²) >= 11 is 1.11. The van der Waals surface area contributed by atoms with E-state index in [2.05, 4.69) is 15.5 Å². The summed E-state index contributed by atoms with van der Waals surface area (Å²) in [5.41, 5.74) is 0.453. The molecule has 3 aromatic rings. The summed E-state index contributed by atoms with van der Waals surface area (Å²) in [5.74, 6) is -2.54. The standard InChI is InChI=1S/C18H15F3N4OS/c1-10(17(26)22-11-7-8-14(20)15(21)9-11)27-18-24-23-16(25(18)2)12-5-3-4-6-13(12)19/h3-10H,1-2H3,(H,22,26)/t10-/m0/s1. The van der Waals surface area contributed by atoms with E-state index in [0.29, 0.717) is 16.5 Å². The maximum absolute atomic E-state index is 13.9. The molecule has 1 aromatic heterocycles. The van der Waals surface area contributed by atoms with Crippen LogP contribution in [-0.4, -0.2) is 25.9 Å². The average Bonchev–Trinajstić information content (AvgIpc) is 2.99. The molecule has 2 aromatic carbocycles. The van der Waals surface area contributed by atoms with E-state index in [1.807, 2.05) is 0 Å². The van der Waals surface area contributed by atoms with Crippen molar-refractivity contribution >= 4 is 23.4 Å². The highest BCUT2D eigenvalue weighted by molar-refractivity contribution is 8.00. The van der Waals surface area contributed by atoms with E-state index in [4.69, 9.17) is 0 Å². The molecule has 0 saturated heterocycles. The molecule has 140 valence electrons. The minimum absolute atomic E-state index is 0.149. The highest BCUT2D eigenvalue weighted by atomic mass is 32.2. The van der Waals surface area contributed by atoms with Gasteiger partial charge in [-0.15, -0.1) is 10.2 Å². The zero-order valence-corrected chi connectivity index (χ0v) is 15.2. The largest absolute Gasteiger partial charge is 0.325 e. The number of nitrogens with one attached hydrogen (secondary N) is 1. The first-order valence-electron chi connectivity index (χ1n) is 7.93. The minimum atomic E-state index is -1.05. The van der Waals surface area contributed by atoms with Crippen molar-refractivity contribution in [2.24, 2.45) is 7.05 Å². The Hall–Kier alpha value is -2.81. The molecule has 0 aliphatic rings. The predicted molar refractivity (Wildman–Crippen MR) is 96.7 cm³/mol. The van der Waals surface area contributed by atoms with Crippen LogP contribution in [-0.2, 0) is 11.8 Å². The van der Waals surface area contributed by atoms with Gasteiger partial charge in [0.1, 0.15) is 5.82 Å². The lowest BCUT2D eigenvalue weighted by molar-refractivity contribution is -0.115. The van der Waals surface area contributed by atoms with Crippen LogP contribution >= 0.6 is 11.8 Å². The summed E-state index contributed by atoms with van der Waals surface area (Å²) < 4.78 is 41.7. The van der Waals surface area contributed by atoms with Crippen molar-refractivity contribution in [2.45, 2.75) is 17.3 Å². The molecule has 0 aliphatic carbocycles. The second-order valence-corrected chi connectivity index (χ2v) is 7.03. The van der Waals surface area contributed by atoms with Crippen molar-refractivity contribution in [3.05, 3.63) is 59.9 Å². The summed E-state index contributed by atoms with van der Waals surface area (Å²) in [6, 6.07) is 9.30. The number of anilines is 1. The molecule has 1 atom stereocenters. The first-order valence-corrected chi connectivity index (χ1v) is 8.81. The van der Waals surface area contributed by atoms with Crippen molar-refractivity contribution in [3.63, 3.8) is 0 Å². The average molecular weight is 392 g/mol. The van der Waals surface area contributed by atoms with Crippen molar-refractivity contribution in [3.8, 4) is 11.4 Å². The van der Waals surface area contributed by atoms with Gasteiger partial charge in [0, 0.05) is 18.8 Å². The number of nitrogens with zero attached hydrogens (tertiary/aromatic N) is 3. The maximum Gasteiger partial charge on any atom is 0.237 e. The number of benzene rings is 2. The van der Waals surface area contributed by atoms with Gasteiger partial charge in [-0.1, -0.05) is 23.9 Å². The van der Waals surface area contributed by atoms with E-state index in [1.54, 1.807) is 36.7 Å². The second kappa shape index (κ2) is 7.83. The molecule has 5 nitrogen and oxygen atoms in total. The minimum Gasteiger partial charge on any atom is -0.325 e. The number of thioether (sulfide) groups is 1. The molecule has 0 radical (unpaired) electrons. The molecule has 27 heavy (non-hydrogen) atoms. The van der Waals surface area contributed by atoms with Crippen molar-refractivity contribution in [1.29, 1.82) is 0 Å². The number of hydrogen-bond donors (Lipinski definition) is 1. The van der Waals surface area contributed by atoms with Crippen LogP contribution < -0.4 is 5.32 Å². The summed E-state index contributed by atoms with van der Waals surface area (Å²) in [7, 11) is 1.67. The van der Waals surface area contributed by atoms with Crippen LogP contribution in [0, 0.1) is 17.5 Å². The van der Waals surface area contributed by atoms with E-state index in [0.717, 1.165) is 23.9 Å². The number of rotatable bonds is 5. The number of amides is 1. The normalized spacial score (nSPS) is 12.0. The molecule has 0 aliphatic heterocycles. The topological polar surface area (TPSA) is 59.8 Å². The number of hydrogen-bond acceptors (Lipinski definition) is 4. The number of halogens is 3. The lowest BCUT2D eigenvalue weighted by Crippen LogP contribution is -2.23. The first-order chi connectivity index (χ1) is 12.9. The zero-order chi connectivity index (χ0) is 19.6. The summed E-state index contributed by atoms with van der Waals surface area (Å²) in [4.78, 5) is 12.3. The Labute approximate surface area is 157 Å². The van der Waals surface area contributed by atoms with E-state index >= 15 is 0 Å². The van der Waals surface area contributed by atoms with Gasteiger partial charge in [0.05, 0.1) is 10.8 Å². The molecular weight excluding hydrogens is 377 g/mol. The summed E-state index contributed by atoms with van der Waals surface area (Å²) in [6.45, 7) is 1.64. The zero-order valence-electron chi connectivity index (χ0n) is 14.4. The third kappa shape index (κ3) is 4.13. The number of aromatic nitrogens is 3. The van der Waals surface area contributed by atoms with E-state index in [9.17, 15) is 18.0 Å². The predicted octanol–water partition coefficient (Wildman–Crippen LogP) is 4.02. The fraction of sp³-hybridized carbons (Fsp3) is 0.167. The van der Waals surface area contributed by atoms with Crippen LogP contribution in [0.5, 0.6) is 0 Å². The Kier molecular flexibility index (Phi) is 5.50. The first kappa shape index (κ1) is 19.0. The fourth-order valence-electron chi connectivity index (χ4n) is 2.32. The molecule has 1 N–H and O–H groups in total. The van der Waals surface area contributed by atoms with Crippen LogP contribution in [0.25, 0.3) is 11.4 Å². The second-order valence-electron chi connectivity index (χ2n) is 5.72. The molecule has 0 bridgehead atoms. The van der Waals surface area contributed by atoms with Crippen molar-refractivity contribution in [1.82, 2.24) is 14.8 Å². The van der Waals surface area contributed by atoms with E-state index < -0.39 is 28.6 Å². The van der Waals surface area contributed by atoms with Gasteiger partial charge in [0.25, 0.3) is 0 Å². The van der Waals surface area contributed by atoms with Gasteiger partial charge >= 0.3 is 0 Å². The molecule has 1 amide bonds. The quantitative estimate of drug-likeness (QED) is 0.667. The maximum atomic E-state index is 13.9. The van der Waals surface area contributed by atoms with Gasteiger partial charge in [-0.05, 0) is 31.2 Å². The highest BCUT2D eigenvalue weighted by Crippen LogP contribution is 2.27. The van der Waals surface area contributed by atoms with Gasteiger partial charge in [-0.25, -0.2) is 13.2 Å². The van der Waals surface area contributed by atoms with Gasteiger partial charge in [-0.2, -0.15) is 0 Å². The highest BCUT2D eigenvalue weighted by Gasteiger charge is 2.20. The van der Waals surface area contributed by atoms with E-state index in [1.165, 1.54) is 12.1 Å². The molecular formula is C18H15F3N4OS. The van der Waals surface area contributed by atoms with Gasteiger partial charge in [0.2, 0.25) is 5.91 Å². The third-order valence-corrected chi connectivity index (χ3v) is 4.92. The van der Waals surface area contributed by atoms with Crippen molar-refractivity contribution < 1.29 is 18.0 Å². The Morgan fingerprint density at radius 3 is 2.52 bits per heavy atom. The van der Waals surface area contributed by atoms with Crippen LogP contribution in [0.2, 0.25) is 0 Å². The fourth-order valence-corrected chi connectivity index (χ4v) is 3.14. The lowest BCUT2D eigenvalue weighted by Gasteiger charge is -2.12. The Morgan fingerprint density at radius 2 is 1.81 bits per heavy atom. The molecule has 0 unspecified atom stereocenters. The van der Waals surface area contributed by atoms with Crippen LogP contribution in [0.15, 0.2) is 47.6 Å². The monoisotopic (exact) mass is 392 g/mol. The Balaban J connectivity index is 1.72. The van der Waals surface area contributed by atoms with Crippen LogP contribution in [0.1, 0.15) is 6.92 Å². The molecule has 1 heterocycles. The molecule has 9 heteroatoms. The molecule has 0 saturated carbocycles. The van der Waals surface area contributed by atoms with Crippen LogP contribution in [0.3, 0.4) is 0 Å². The van der Waals surface area contributed by atoms with Gasteiger partial charge in [-0.3, -0.25) is 4.79 Å². The number of carbonyl (C=O) groups is 1. The van der Waals surface area contributed by atoms with E-state index in [-0.39, 0.29) is 5.69 Å². The SMILES string of the molecule is C[C@H](Sc1nnc(-c2ccccc2F)n1C)C(=O)Nc1ccc(F)c(F)c1. The molecule has 0 fully saturated rings. The molecule has 0 spiro atoms. The van der Waals surface area contributed by atoms with Crippen molar-refractivity contribution in [2.75, 3.05) is 5.32 Å². The van der Waals surface area contributed by atoms with Gasteiger partial charge < -0.3 is 9.88 Å². The smallest absolute Gasteiger partial charge is 0.237 e. The Bertz CT molecular complexity index is 992. The lowest BCUT2D eigenvalue weighted by atomic mass is 10.2. The van der Waals surface area contributed by atoms with Crippen LogP contribution in [0.4, 0.5) is 18.9 Å². The summed E-state index contributed by atoms with van der Waals surface area (Å²) in [5, 5.41) is 10.3. The molecule has 3 rings (SSSR count).